The molecule has 4 rings (SSSR count). The number of amidine groups is 1. The molecule has 1 amide bonds. The molecule has 10 heteroatoms. The topological polar surface area (TPSA) is 102 Å². The molecule has 2 N–H and O–H groups in total. The van der Waals surface area contributed by atoms with Crippen LogP contribution in [0.25, 0.3) is 17.0 Å². The van der Waals surface area contributed by atoms with Crippen LogP contribution in [-0.4, -0.2) is 45.2 Å². The molecular weight excluding hydrogens is 391 g/mol. The number of nitrogens with one attached hydrogen (secondary N) is 2. The monoisotopic (exact) mass is 412 g/mol. The summed E-state index contributed by atoms with van der Waals surface area (Å²) < 4.78 is 26.7. The van der Waals surface area contributed by atoms with E-state index in [9.17, 15) is 9.18 Å². The summed E-state index contributed by atoms with van der Waals surface area (Å²) in [6.07, 6.45) is 3.91. The van der Waals surface area contributed by atoms with E-state index in [-0.39, 0.29) is 12.2 Å². The fraction of sp³-hybridized carbons (Fsp3) is 0.300. The second kappa shape index (κ2) is 7.97. The minimum absolute atomic E-state index is 0.0116. The molecule has 156 valence electrons. The first-order chi connectivity index (χ1) is 14.4. The van der Waals surface area contributed by atoms with Crippen LogP contribution in [0.1, 0.15) is 20.8 Å². The third kappa shape index (κ3) is 4.32. The molecule has 1 unspecified atom stereocenters. The summed E-state index contributed by atoms with van der Waals surface area (Å²) in [5, 5.41) is 5.63. The zero-order valence-corrected chi connectivity index (χ0v) is 16.7. The van der Waals surface area contributed by atoms with E-state index in [0.29, 0.717) is 41.0 Å². The van der Waals surface area contributed by atoms with Crippen LogP contribution in [0.2, 0.25) is 0 Å². The van der Waals surface area contributed by atoms with E-state index in [1.807, 2.05) is 6.92 Å². The highest BCUT2D eigenvalue weighted by molar-refractivity contribution is 5.91. The lowest BCUT2D eigenvalue weighted by molar-refractivity contribution is 0.130. The van der Waals surface area contributed by atoms with Gasteiger partial charge in [-0.1, -0.05) is 0 Å². The summed E-state index contributed by atoms with van der Waals surface area (Å²) in [4.78, 5) is 24.6. The van der Waals surface area contributed by atoms with Gasteiger partial charge in [0.2, 0.25) is 5.78 Å². The van der Waals surface area contributed by atoms with Gasteiger partial charge in [-0.05, 0) is 39.0 Å². The summed E-state index contributed by atoms with van der Waals surface area (Å²) in [5.74, 6) is -0.0617. The molecule has 30 heavy (non-hydrogen) atoms. The van der Waals surface area contributed by atoms with Gasteiger partial charge in [0.25, 0.3) is 6.02 Å². The first-order valence-electron chi connectivity index (χ1n) is 9.48. The lowest BCUT2D eigenvalue weighted by Crippen LogP contribution is -2.18. The normalized spacial score (nSPS) is 15.8. The van der Waals surface area contributed by atoms with Gasteiger partial charge in [-0.3, -0.25) is 9.72 Å². The predicted octanol–water partition coefficient (Wildman–Crippen LogP) is 3.68. The summed E-state index contributed by atoms with van der Waals surface area (Å²) in [6.45, 7) is 6.01. The number of carbonyl (C=O) groups excluding carboxylic acids is 1. The van der Waals surface area contributed by atoms with Crippen molar-refractivity contribution in [2.45, 2.75) is 33.0 Å². The Morgan fingerprint density at radius 3 is 2.90 bits per heavy atom. The number of halogens is 1. The largest absolute Gasteiger partial charge is 0.460 e. The Morgan fingerprint density at radius 2 is 2.17 bits per heavy atom. The van der Waals surface area contributed by atoms with Crippen LogP contribution in [0.5, 0.6) is 0 Å². The Hall–Kier alpha value is -3.69. The maximum absolute atomic E-state index is 14.5. The third-order valence-electron chi connectivity index (χ3n) is 4.20. The fourth-order valence-corrected chi connectivity index (χ4v) is 2.91. The molecule has 0 saturated carbocycles. The van der Waals surface area contributed by atoms with Gasteiger partial charge in [-0.25, -0.2) is 24.1 Å². The summed E-state index contributed by atoms with van der Waals surface area (Å²) in [6, 6.07) is 4.98. The number of amides is 1. The number of ether oxygens (including phenoxy) is 2. The van der Waals surface area contributed by atoms with E-state index in [0.717, 1.165) is 0 Å². The molecule has 0 radical (unpaired) electrons. The number of aliphatic imine (C=N–C) groups is 1. The van der Waals surface area contributed by atoms with Crippen molar-refractivity contribution in [3.63, 3.8) is 0 Å². The third-order valence-corrected chi connectivity index (χ3v) is 4.20. The van der Waals surface area contributed by atoms with E-state index in [4.69, 9.17) is 9.47 Å². The number of aromatic nitrogens is 3. The number of fused-ring (bicyclic) bond motifs is 1. The first-order valence-corrected chi connectivity index (χ1v) is 9.48. The summed E-state index contributed by atoms with van der Waals surface area (Å²) in [7, 11) is 0. The molecule has 1 atom stereocenters. The highest BCUT2D eigenvalue weighted by Gasteiger charge is 2.17. The molecule has 0 spiro atoms. The zero-order valence-electron chi connectivity index (χ0n) is 16.7. The molecule has 3 heterocycles. The number of benzene rings is 1. The van der Waals surface area contributed by atoms with Crippen molar-refractivity contribution in [3.8, 4) is 11.3 Å². The Labute approximate surface area is 172 Å². The van der Waals surface area contributed by atoms with Crippen molar-refractivity contribution < 1.29 is 18.7 Å². The van der Waals surface area contributed by atoms with Crippen molar-refractivity contribution in [2.24, 2.45) is 4.99 Å². The molecule has 1 aromatic carbocycles. The molecule has 0 bridgehead atoms. The second-order valence-corrected chi connectivity index (χ2v) is 7.15. The molecular formula is C20H21FN6O3. The van der Waals surface area contributed by atoms with Gasteiger partial charge < -0.3 is 14.8 Å². The molecule has 9 nitrogen and oxygen atoms in total. The van der Waals surface area contributed by atoms with Crippen molar-refractivity contribution >= 4 is 29.3 Å². The summed E-state index contributed by atoms with van der Waals surface area (Å²) in [5.41, 5.74) is 1.75. The number of anilines is 2. The number of imidazole rings is 1. The highest BCUT2D eigenvalue weighted by atomic mass is 19.1. The van der Waals surface area contributed by atoms with Crippen molar-refractivity contribution in [3.05, 3.63) is 42.6 Å². The van der Waals surface area contributed by atoms with E-state index >= 15 is 0 Å². The SMILES string of the molecule is CC(C)OC(=O)Nc1cnc2nc(-c3cc(NC4=NCC(C)O4)ccc3F)cn2c1. The van der Waals surface area contributed by atoms with Crippen LogP contribution in [-0.2, 0) is 9.47 Å². The number of nitrogens with zero attached hydrogens (tertiary/aromatic N) is 4. The van der Waals surface area contributed by atoms with Crippen molar-refractivity contribution in [2.75, 3.05) is 17.2 Å². The average molecular weight is 412 g/mol. The highest BCUT2D eigenvalue weighted by Crippen LogP contribution is 2.26. The molecule has 2 aromatic heterocycles. The van der Waals surface area contributed by atoms with Crippen molar-refractivity contribution in [1.82, 2.24) is 14.4 Å². The molecule has 1 aliphatic heterocycles. The van der Waals surface area contributed by atoms with Gasteiger partial charge in [0.1, 0.15) is 11.9 Å². The van der Waals surface area contributed by atoms with E-state index < -0.39 is 11.9 Å². The van der Waals surface area contributed by atoms with Crippen LogP contribution in [0.3, 0.4) is 0 Å². The Kier molecular flexibility index (Phi) is 5.21. The van der Waals surface area contributed by atoms with Crippen LogP contribution in [0.15, 0.2) is 41.8 Å². The van der Waals surface area contributed by atoms with Crippen LogP contribution in [0, 0.1) is 5.82 Å². The van der Waals surface area contributed by atoms with E-state index in [2.05, 4.69) is 25.6 Å². The Balaban J connectivity index is 1.58. The molecule has 0 fully saturated rings. The van der Waals surface area contributed by atoms with Crippen LogP contribution in [0.4, 0.5) is 20.6 Å². The minimum atomic E-state index is -0.581. The number of rotatable bonds is 4. The average Bonchev–Trinajstić information content (AvgIpc) is 3.28. The van der Waals surface area contributed by atoms with Crippen LogP contribution < -0.4 is 10.6 Å². The lowest BCUT2D eigenvalue weighted by atomic mass is 10.1. The van der Waals surface area contributed by atoms with Crippen molar-refractivity contribution in [1.29, 1.82) is 0 Å². The molecule has 3 aromatic rings. The molecule has 1 aliphatic rings. The van der Waals surface area contributed by atoms with Gasteiger partial charge in [0.15, 0.2) is 0 Å². The smallest absolute Gasteiger partial charge is 0.411 e. The van der Waals surface area contributed by atoms with Gasteiger partial charge in [-0.15, -0.1) is 0 Å². The Morgan fingerprint density at radius 1 is 1.33 bits per heavy atom. The Bertz CT molecular complexity index is 1130. The van der Waals surface area contributed by atoms with Crippen LogP contribution >= 0.6 is 0 Å². The summed E-state index contributed by atoms with van der Waals surface area (Å²) >= 11 is 0. The fourth-order valence-electron chi connectivity index (χ4n) is 2.91. The maximum Gasteiger partial charge on any atom is 0.411 e. The minimum Gasteiger partial charge on any atom is -0.460 e. The van der Waals surface area contributed by atoms with E-state index in [1.165, 1.54) is 12.3 Å². The first kappa shape index (κ1) is 19.6. The number of hydrogen-bond donors (Lipinski definition) is 2. The zero-order chi connectivity index (χ0) is 21.3. The lowest BCUT2D eigenvalue weighted by Gasteiger charge is -2.09. The molecule has 0 saturated heterocycles. The van der Waals surface area contributed by atoms with Gasteiger partial charge in [0, 0.05) is 23.6 Å². The van der Waals surface area contributed by atoms with Gasteiger partial charge in [0.05, 0.1) is 30.2 Å². The number of carbonyl (C=O) groups is 1. The predicted molar refractivity (Wildman–Crippen MR) is 110 cm³/mol. The standard InChI is InChI=1S/C20H21FN6O3/c1-11(2)29-20(28)25-14-8-22-18-26-17(10-27(18)9-14)15-6-13(4-5-16(15)21)24-19-23-7-12(3)30-19/h4-6,8-12H,7H2,1-3H3,(H,23,24)(H,25,28). The second-order valence-electron chi connectivity index (χ2n) is 7.15. The number of hydrogen-bond acceptors (Lipinski definition) is 7. The van der Waals surface area contributed by atoms with Gasteiger partial charge in [-0.2, -0.15) is 0 Å². The maximum atomic E-state index is 14.5. The molecule has 0 aliphatic carbocycles. The van der Waals surface area contributed by atoms with Gasteiger partial charge >= 0.3 is 6.09 Å². The van der Waals surface area contributed by atoms with E-state index in [1.54, 1.807) is 42.8 Å². The quantitative estimate of drug-likeness (QED) is 0.678.